The van der Waals surface area contributed by atoms with Gasteiger partial charge in [0.05, 0.1) is 24.7 Å². The van der Waals surface area contributed by atoms with Gasteiger partial charge in [0.1, 0.15) is 5.82 Å². The molecule has 1 saturated heterocycles. The number of hydrogen-bond acceptors (Lipinski definition) is 7. The van der Waals surface area contributed by atoms with Crippen LogP contribution in [0.25, 0.3) is 16.6 Å². The Morgan fingerprint density at radius 3 is 2.62 bits per heavy atom. The second kappa shape index (κ2) is 11.2. The molecule has 11 heteroatoms. The number of piperazine rings is 1. The van der Waals surface area contributed by atoms with Crippen molar-refractivity contribution >= 4 is 17.2 Å². The van der Waals surface area contributed by atoms with Gasteiger partial charge >= 0.3 is 0 Å². The van der Waals surface area contributed by atoms with Crippen molar-refractivity contribution in [2.24, 2.45) is 7.05 Å². The summed E-state index contributed by atoms with van der Waals surface area (Å²) in [6.07, 6.45) is 3.82. The van der Waals surface area contributed by atoms with E-state index in [0.717, 1.165) is 60.6 Å². The molecule has 0 saturated carbocycles. The van der Waals surface area contributed by atoms with E-state index in [0.29, 0.717) is 22.8 Å². The lowest BCUT2D eigenvalue weighted by molar-refractivity contribution is 0.0947. The summed E-state index contributed by atoms with van der Waals surface area (Å²) in [5, 5.41) is 5.63. The second-order valence-corrected chi connectivity index (χ2v) is 10.3. The SMILES string of the molecule is CCN1CCN(C(C)c2c(C)c(C(=O)NCc3c(OC)n(C)[nH]c3=O)cc3c(-c4ccc(N)nc4)ccn23)CC1. The molecule has 1 amide bonds. The Balaban J connectivity index is 1.57. The predicted molar refractivity (Wildman–Crippen MR) is 156 cm³/mol. The van der Waals surface area contributed by atoms with Gasteiger partial charge in [-0.05, 0) is 50.2 Å². The molecule has 1 atom stereocenters. The van der Waals surface area contributed by atoms with Gasteiger partial charge in [0, 0.05) is 74.0 Å². The summed E-state index contributed by atoms with van der Waals surface area (Å²) in [7, 11) is 3.19. The van der Waals surface area contributed by atoms with E-state index >= 15 is 0 Å². The van der Waals surface area contributed by atoms with Crippen LogP contribution in [0, 0.1) is 6.92 Å². The van der Waals surface area contributed by atoms with Gasteiger partial charge in [-0.25, -0.2) is 4.98 Å². The van der Waals surface area contributed by atoms with Crippen molar-refractivity contribution < 1.29 is 9.53 Å². The van der Waals surface area contributed by atoms with Gasteiger partial charge < -0.3 is 25.1 Å². The fourth-order valence-electron chi connectivity index (χ4n) is 5.81. The first-order valence-corrected chi connectivity index (χ1v) is 13.7. The van der Waals surface area contributed by atoms with Crippen LogP contribution in [0.4, 0.5) is 5.82 Å². The highest BCUT2D eigenvalue weighted by atomic mass is 16.5. The number of carbonyl (C=O) groups excluding carboxylic acids is 1. The molecule has 4 aromatic heterocycles. The van der Waals surface area contributed by atoms with E-state index in [1.54, 1.807) is 19.3 Å². The number of nitrogens with zero attached hydrogens (tertiary/aromatic N) is 5. The topological polar surface area (TPSA) is 126 Å². The summed E-state index contributed by atoms with van der Waals surface area (Å²) in [6, 6.07) is 7.79. The monoisotopic (exact) mass is 546 g/mol. The molecular formula is C29H38N8O3. The largest absolute Gasteiger partial charge is 0.481 e. The molecule has 0 bridgehead atoms. The smallest absolute Gasteiger partial charge is 0.273 e. The Kier molecular flexibility index (Phi) is 7.68. The molecule has 4 N–H and O–H groups in total. The Hall–Kier alpha value is -4.09. The van der Waals surface area contributed by atoms with Crippen LogP contribution in [0.15, 0.2) is 41.5 Å². The zero-order valence-corrected chi connectivity index (χ0v) is 23.8. The lowest BCUT2D eigenvalue weighted by atomic mass is 9.99. The van der Waals surface area contributed by atoms with E-state index in [4.69, 9.17) is 10.5 Å². The number of nitrogen functional groups attached to an aromatic ring is 1. The molecule has 212 valence electrons. The van der Waals surface area contributed by atoms with Crippen molar-refractivity contribution in [2.45, 2.75) is 33.4 Å². The zero-order valence-electron chi connectivity index (χ0n) is 23.8. The van der Waals surface area contributed by atoms with Gasteiger partial charge in [0.2, 0.25) is 5.88 Å². The molecule has 5 rings (SSSR count). The Bertz CT molecular complexity index is 1580. The first kappa shape index (κ1) is 27.5. The Morgan fingerprint density at radius 2 is 1.98 bits per heavy atom. The van der Waals surface area contributed by atoms with Crippen LogP contribution >= 0.6 is 0 Å². The molecule has 0 radical (unpaired) electrons. The molecule has 1 unspecified atom stereocenters. The minimum atomic E-state index is -0.294. The number of anilines is 1. The number of amides is 1. The summed E-state index contributed by atoms with van der Waals surface area (Å²) in [4.78, 5) is 35.4. The van der Waals surface area contributed by atoms with E-state index in [1.807, 2.05) is 19.1 Å². The minimum absolute atomic E-state index is 0.0441. The maximum Gasteiger partial charge on any atom is 0.273 e. The number of rotatable bonds is 8. The number of fused-ring (bicyclic) bond motifs is 1. The third-order valence-electron chi connectivity index (χ3n) is 8.12. The van der Waals surface area contributed by atoms with Crippen molar-refractivity contribution in [3.63, 3.8) is 0 Å². The van der Waals surface area contributed by atoms with Crippen molar-refractivity contribution in [1.82, 2.24) is 34.3 Å². The van der Waals surface area contributed by atoms with E-state index in [2.05, 4.69) is 55.7 Å². The van der Waals surface area contributed by atoms with Crippen LogP contribution in [0.2, 0.25) is 0 Å². The van der Waals surface area contributed by atoms with E-state index in [1.165, 1.54) is 11.8 Å². The van der Waals surface area contributed by atoms with Crippen molar-refractivity contribution in [2.75, 3.05) is 45.6 Å². The van der Waals surface area contributed by atoms with E-state index in [-0.39, 0.29) is 24.1 Å². The number of hydrogen-bond donors (Lipinski definition) is 3. The highest BCUT2D eigenvalue weighted by Gasteiger charge is 2.27. The Labute approximate surface area is 233 Å². The maximum absolute atomic E-state index is 13.7. The first-order chi connectivity index (χ1) is 19.2. The summed E-state index contributed by atoms with van der Waals surface area (Å²) in [5.41, 5.74) is 11.3. The third-order valence-corrected chi connectivity index (χ3v) is 8.12. The molecule has 4 aromatic rings. The third kappa shape index (κ3) is 4.98. The summed E-state index contributed by atoms with van der Waals surface area (Å²) < 4.78 is 9.07. The van der Waals surface area contributed by atoms with Gasteiger partial charge in [-0.1, -0.05) is 6.92 Å². The molecule has 0 aliphatic carbocycles. The zero-order chi connectivity index (χ0) is 28.6. The number of aromatic nitrogens is 4. The number of aromatic amines is 1. The van der Waals surface area contributed by atoms with Crippen molar-refractivity contribution in [3.05, 3.63) is 69.4 Å². The van der Waals surface area contributed by atoms with Gasteiger partial charge in [0.25, 0.3) is 11.5 Å². The number of pyridine rings is 2. The fraction of sp³-hybridized carbons (Fsp3) is 0.414. The number of ether oxygens (including phenoxy) is 1. The number of nitrogens with two attached hydrogens (primary N) is 1. The van der Waals surface area contributed by atoms with Gasteiger partial charge in [-0.3, -0.25) is 24.3 Å². The summed E-state index contributed by atoms with van der Waals surface area (Å²) >= 11 is 0. The van der Waals surface area contributed by atoms with E-state index < -0.39 is 0 Å². The predicted octanol–water partition coefficient (Wildman–Crippen LogP) is 2.56. The number of aryl methyl sites for hydroxylation is 1. The molecule has 1 aliphatic rings. The van der Waals surface area contributed by atoms with Crippen molar-refractivity contribution in [3.8, 4) is 17.0 Å². The fourth-order valence-corrected chi connectivity index (χ4v) is 5.81. The molecule has 1 aliphatic heterocycles. The molecule has 1 fully saturated rings. The van der Waals surface area contributed by atoms with Crippen LogP contribution in [0.1, 0.15) is 47.1 Å². The molecule has 5 heterocycles. The lowest BCUT2D eigenvalue weighted by Gasteiger charge is -2.38. The van der Waals surface area contributed by atoms with Gasteiger partial charge in [0.15, 0.2) is 0 Å². The maximum atomic E-state index is 13.7. The standard InChI is InChI=1S/C29H38N8O3/c1-6-35-11-13-36(14-12-35)19(3)26-18(2)22(27(38)32-17-23-28(39)33-34(4)29(23)40-5)15-24-21(9-10-37(24)26)20-7-8-25(30)31-16-20/h7-10,15-16,19H,6,11-14,17H2,1-5H3,(H2,30,31)(H,32,38)(H,33,39). The lowest BCUT2D eigenvalue weighted by Crippen LogP contribution is -2.47. The molecule has 11 nitrogen and oxygen atoms in total. The number of H-pyrrole nitrogens is 1. The number of methoxy groups -OCH3 is 1. The quantitative estimate of drug-likeness (QED) is 0.310. The van der Waals surface area contributed by atoms with Crippen LogP contribution in [-0.2, 0) is 13.6 Å². The van der Waals surface area contributed by atoms with Crippen LogP contribution in [0.3, 0.4) is 0 Å². The highest BCUT2D eigenvalue weighted by molar-refractivity contribution is 5.98. The first-order valence-electron chi connectivity index (χ1n) is 13.7. The van der Waals surface area contributed by atoms with E-state index in [9.17, 15) is 9.59 Å². The van der Waals surface area contributed by atoms with Gasteiger partial charge in [-0.15, -0.1) is 0 Å². The molecule has 40 heavy (non-hydrogen) atoms. The molecule has 0 spiro atoms. The minimum Gasteiger partial charge on any atom is -0.481 e. The Morgan fingerprint density at radius 1 is 1.23 bits per heavy atom. The normalized spacial score (nSPS) is 15.4. The van der Waals surface area contributed by atoms with Crippen LogP contribution in [-0.4, -0.2) is 74.7 Å². The summed E-state index contributed by atoms with van der Waals surface area (Å²) in [6.45, 7) is 11.5. The van der Waals surface area contributed by atoms with Gasteiger partial charge in [-0.2, -0.15) is 0 Å². The second-order valence-electron chi connectivity index (χ2n) is 10.3. The molecular weight excluding hydrogens is 508 g/mol. The summed E-state index contributed by atoms with van der Waals surface area (Å²) in [5.74, 6) is 0.593. The molecule has 0 aromatic carbocycles. The van der Waals surface area contributed by atoms with Crippen molar-refractivity contribution in [1.29, 1.82) is 0 Å². The van der Waals surface area contributed by atoms with Crippen LogP contribution < -0.4 is 21.3 Å². The van der Waals surface area contributed by atoms with Crippen LogP contribution in [0.5, 0.6) is 5.88 Å². The number of carbonyl (C=O) groups is 1. The number of nitrogens with one attached hydrogen (secondary N) is 2. The average molecular weight is 547 g/mol. The average Bonchev–Trinajstić information content (AvgIpc) is 3.50. The highest BCUT2D eigenvalue weighted by Crippen LogP contribution is 2.34. The number of likely N-dealkylation sites (N-methyl/N-ethyl adjacent to an activating group) is 1.